The van der Waals surface area contributed by atoms with Gasteiger partial charge in [-0.3, -0.25) is 4.68 Å². The average Bonchev–Trinajstić information content (AvgIpc) is 3.25. The number of nitrogens with one attached hydrogen (secondary N) is 1. The third-order valence-electron chi connectivity index (χ3n) is 7.32. The molecule has 5 rings (SSSR count). The summed E-state index contributed by atoms with van der Waals surface area (Å²) in [7, 11) is 1.67. The Hall–Kier alpha value is -2.68. The van der Waals surface area contributed by atoms with Gasteiger partial charge >= 0.3 is 0 Å². The number of rotatable bonds is 8. The van der Waals surface area contributed by atoms with Crippen molar-refractivity contribution >= 4 is 39.8 Å². The molecule has 9 heteroatoms. The molecule has 3 aromatic rings. The van der Waals surface area contributed by atoms with Crippen molar-refractivity contribution in [2.75, 3.05) is 37.0 Å². The smallest absolute Gasteiger partial charge is 0.227 e. The van der Waals surface area contributed by atoms with Gasteiger partial charge in [0.05, 0.1) is 40.3 Å². The normalized spacial score (nSPS) is 24.1. The van der Waals surface area contributed by atoms with Crippen molar-refractivity contribution in [3.05, 3.63) is 47.9 Å². The van der Waals surface area contributed by atoms with Gasteiger partial charge in [-0.25, -0.2) is 9.97 Å². The molecule has 1 saturated heterocycles. The van der Waals surface area contributed by atoms with Gasteiger partial charge in [0.25, 0.3) is 0 Å². The summed E-state index contributed by atoms with van der Waals surface area (Å²) in [4.78, 5) is 11.5. The van der Waals surface area contributed by atoms with Crippen LogP contribution in [0.2, 0.25) is 5.02 Å². The zero-order chi connectivity index (χ0) is 23.9. The van der Waals surface area contributed by atoms with E-state index in [2.05, 4.69) is 26.9 Å². The van der Waals surface area contributed by atoms with Crippen LogP contribution in [-0.2, 0) is 11.3 Å². The van der Waals surface area contributed by atoms with Gasteiger partial charge in [0.1, 0.15) is 0 Å². The predicted octanol–water partition coefficient (Wildman–Crippen LogP) is 4.41. The minimum Gasteiger partial charge on any atom is -0.389 e. The number of aryl methyl sites for hydroxylation is 1. The first-order valence-corrected chi connectivity index (χ1v) is 12.1. The Bertz CT molecular complexity index is 1190. The molecule has 8 nitrogen and oxygen atoms in total. The quantitative estimate of drug-likeness (QED) is 0.459. The molecule has 3 heterocycles. The summed E-state index contributed by atoms with van der Waals surface area (Å²) in [6.07, 6.45) is 8.39. The number of methoxy groups -OCH3 is 1. The molecule has 0 spiro atoms. The van der Waals surface area contributed by atoms with Crippen LogP contribution < -0.4 is 10.2 Å². The fraction of sp³-hybridized carbons (Fsp3) is 0.480. The zero-order valence-corrected chi connectivity index (χ0v) is 20.4. The molecular formula is C25H31ClN6O2. The van der Waals surface area contributed by atoms with Gasteiger partial charge in [-0.05, 0) is 38.3 Å². The highest BCUT2D eigenvalue weighted by atomic mass is 35.5. The number of hydrogen-bond donors (Lipinski definition) is 2. The molecule has 0 unspecified atom stereocenters. The van der Waals surface area contributed by atoms with Crippen molar-refractivity contribution in [2.45, 2.75) is 38.3 Å². The number of fused-ring (bicyclic) bond motifs is 3. The fourth-order valence-corrected chi connectivity index (χ4v) is 5.54. The van der Waals surface area contributed by atoms with Gasteiger partial charge in [-0.2, -0.15) is 5.10 Å². The van der Waals surface area contributed by atoms with Gasteiger partial charge in [-0.1, -0.05) is 23.8 Å². The van der Waals surface area contributed by atoms with Crippen molar-refractivity contribution < 1.29 is 9.84 Å². The lowest BCUT2D eigenvalue weighted by Crippen LogP contribution is -2.52. The molecule has 1 saturated carbocycles. The first-order valence-electron chi connectivity index (χ1n) is 11.7. The van der Waals surface area contributed by atoms with E-state index >= 15 is 0 Å². The summed E-state index contributed by atoms with van der Waals surface area (Å²) in [5, 5.41) is 20.1. The molecule has 3 atom stereocenters. The number of anilines is 3. The van der Waals surface area contributed by atoms with E-state index in [1.165, 1.54) is 0 Å². The standard InChI is InChI=1S/C25H31ClN6O2/c1-16(15-34-3)6-7-32-14-20(11-28-32)29-24-27-10-17-8-21(26)23(9-22(17)30-24)31-12-18-4-5-19(13-31)25(18,2)33/h8-11,14,18-19,33H,1,4-7,12-13,15H2,2-3H3,(H,27,29,30)/t18-,19+,25+. The second-order valence-electron chi connectivity index (χ2n) is 9.71. The van der Waals surface area contributed by atoms with Crippen LogP contribution in [0, 0.1) is 11.8 Å². The number of nitrogens with zero attached hydrogens (tertiary/aromatic N) is 5. The number of aliphatic hydroxyl groups is 1. The second-order valence-corrected chi connectivity index (χ2v) is 10.1. The van der Waals surface area contributed by atoms with Gasteiger partial charge in [0, 0.05) is 56.4 Å². The number of ether oxygens (including phenoxy) is 1. The average molecular weight is 483 g/mol. The minimum atomic E-state index is -0.583. The van der Waals surface area contributed by atoms with Crippen LogP contribution in [0.5, 0.6) is 0 Å². The third kappa shape index (κ3) is 4.50. The molecule has 2 aromatic heterocycles. The number of hydrogen-bond acceptors (Lipinski definition) is 7. The van der Waals surface area contributed by atoms with Crippen LogP contribution >= 0.6 is 11.6 Å². The molecule has 1 aromatic carbocycles. The first kappa shape index (κ1) is 23.1. The second kappa shape index (κ2) is 9.17. The summed E-state index contributed by atoms with van der Waals surface area (Å²) >= 11 is 6.67. The van der Waals surface area contributed by atoms with E-state index < -0.39 is 5.60 Å². The van der Waals surface area contributed by atoms with E-state index in [4.69, 9.17) is 21.3 Å². The lowest BCUT2D eigenvalue weighted by Gasteiger charge is -2.43. The largest absolute Gasteiger partial charge is 0.389 e. The van der Waals surface area contributed by atoms with Crippen molar-refractivity contribution in [3.63, 3.8) is 0 Å². The predicted molar refractivity (Wildman–Crippen MR) is 135 cm³/mol. The molecule has 2 bridgehead atoms. The zero-order valence-electron chi connectivity index (χ0n) is 19.7. The molecule has 0 amide bonds. The molecule has 0 radical (unpaired) electrons. The Balaban J connectivity index is 1.32. The SMILES string of the molecule is C=C(CCn1cc(Nc2ncc3cc(Cl)c(N4C[C@H]5CC[C@@H](C4)[C@@]5(C)O)cc3n2)cn1)COC. The first-order chi connectivity index (χ1) is 16.3. The van der Waals surface area contributed by atoms with Crippen LogP contribution in [0.3, 0.4) is 0 Å². The molecule has 2 fully saturated rings. The molecular weight excluding hydrogens is 452 g/mol. The Kier molecular flexibility index (Phi) is 6.22. The number of halogens is 1. The van der Waals surface area contributed by atoms with Crippen LogP contribution in [-0.4, -0.2) is 57.3 Å². The lowest BCUT2D eigenvalue weighted by molar-refractivity contribution is -0.0271. The van der Waals surface area contributed by atoms with Gasteiger partial charge < -0.3 is 20.1 Å². The maximum atomic E-state index is 10.8. The number of piperidine rings is 1. The van der Waals surface area contributed by atoms with Crippen LogP contribution in [0.1, 0.15) is 26.2 Å². The van der Waals surface area contributed by atoms with E-state index in [1.54, 1.807) is 19.5 Å². The maximum Gasteiger partial charge on any atom is 0.227 e. The van der Waals surface area contributed by atoms with E-state index in [1.807, 2.05) is 29.9 Å². The molecule has 1 aliphatic carbocycles. The Morgan fingerprint density at radius 2 is 2.06 bits per heavy atom. The number of aromatic nitrogens is 4. The third-order valence-corrected chi connectivity index (χ3v) is 7.62. The summed E-state index contributed by atoms with van der Waals surface area (Å²) < 4.78 is 6.97. The highest BCUT2D eigenvalue weighted by molar-refractivity contribution is 6.34. The Morgan fingerprint density at radius 3 is 2.79 bits per heavy atom. The van der Waals surface area contributed by atoms with Crippen molar-refractivity contribution in [2.24, 2.45) is 11.8 Å². The van der Waals surface area contributed by atoms with Gasteiger partial charge in [-0.15, -0.1) is 0 Å². The fourth-order valence-electron chi connectivity index (χ4n) is 5.25. The Labute approximate surface area is 204 Å². The van der Waals surface area contributed by atoms with Gasteiger partial charge in [0.15, 0.2) is 0 Å². The van der Waals surface area contributed by atoms with E-state index in [-0.39, 0.29) is 11.8 Å². The maximum absolute atomic E-state index is 10.8. The van der Waals surface area contributed by atoms with Crippen LogP contribution in [0.25, 0.3) is 10.9 Å². The van der Waals surface area contributed by atoms with E-state index in [0.717, 1.165) is 66.7 Å². The molecule has 180 valence electrons. The van der Waals surface area contributed by atoms with Crippen molar-refractivity contribution in [3.8, 4) is 0 Å². The Morgan fingerprint density at radius 1 is 1.29 bits per heavy atom. The molecule has 1 aliphatic heterocycles. The number of benzene rings is 1. The van der Waals surface area contributed by atoms with E-state index in [9.17, 15) is 5.11 Å². The lowest BCUT2D eigenvalue weighted by atomic mass is 9.82. The monoisotopic (exact) mass is 482 g/mol. The van der Waals surface area contributed by atoms with Crippen LogP contribution in [0.4, 0.5) is 17.3 Å². The summed E-state index contributed by atoms with van der Waals surface area (Å²) in [5.41, 5.74) is 3.06. The molecule has 2 N–H and O–H groups in total. The minimum absolute atomic E-state index is 0.267. The highest BCUT2D eigenvalue weighted by Crippen LogP contribution is 2.47. The topological polar surface area (TPSA) is 88.3 Å². The highest BCUT2D eigenvalue weighted by Gasteiger charge is 2.49. The molecule has 2 aliphatic rings. The van der Waals surface area contributed by atoms with E-state index in [0.29, 0.717) is 17.6 Å². The summed E-state index contributed by atoms with van der Waals surface area (Å²) in [6.45, 7) is 8.89. The van der Waals surface area contributed by atoms with Gasteiger partial charge in [0.2, 0.25) is 5.95 Å². The van der Waals surface area contributed by atoms with Crippen molar-refractivity contribution in [1.82, 2.24) is 19.7 Å². The molecule has 34 heavy (non-hydrogen) atoms. The summed E-state index contributed by atoms with van der Waals surface area (Å²) in [6, 6.07) is 3.96. The van der Waals surface area contributed by atoms with Crippen LogP contribution in [0.15, 0.2) is 42.9 Å². The van der Waals surface area contributed by atoms with Crippen molar-refractivity contribution in [1.29, 1.82) is 0 Å². The summed E-state index contributed by atoms with van der Waals surface area (Å²) in [5.74, 6) is 1.04.